The van der Waals surface area contributed by atoms with Crippen LogP contribution in [0.4, 0.5) is 0 Å². The van der Waals surface area contributed by atoms with Crippen molar-refractivity contribution >= 4 is 16.7 Å². The predicted octanol–water partition coefficient (Wildman–Crippen LogP) is 6.32. The Labute approximate surface area is 195 Å². The van der Waals surface area contributed by atoms with Crippen molar-refractivity contribution in [2.24, 2.45) is 0 Å². The highest BCUT2D eigenvalue weighted by Gasteiger charge is 2.29. The third-order valence-corrected chi connectivity index (χ3v) is 5.90. The van der Waals surface area contributed by atoms with Crippen LogP contribution in [0, 0.1) is 6.92 Å². The van der Waals surface area contributed by atoms with Crippen molar-refractivity contribution in [3.63, 3.8) is 0 Å². The van der Waals surface area contributed by atoms with Gasteiger partial charge in [-0.05, 0) is 34.4 Å². The molecule has 0 aliphatic heterocycles. The SMILES string of the molecule is C=C[C@@H](OCc1cccc2ccccc12)[C@H](C(=O)NCc1ccccc1)c1ccc(C)cc1. The van der Waals surface area contributed by atoms with Gasteiger partial charge in [-0.3, -0.25) is 4.79 Å². The maximum absolute atomic E-state index is 13.4. The number of carbonyl (C=O) groups excluding carboxylic acids is 1. The van der Waals surface area contributed by atoms with E-state index in [1.165, 1.54) is 5.39 Å². The highest BCUT2D eigenvalue weighted by atomic mass is 16.5. The summed E-state index contributed by atoms with van der Waals surface area (Å²) in [7, 11) is 0. The molecule has 4 aromatic carbocycles. The second-order valence-corrected chi connectivity index (χ2v) is 8.24. The van der Waals surface area contributed by atoms with Gasteiger partial charge in [0.25, 0.3) is 0 Å². The Kier molecular flexibility index (Phi) is 7.33. The van der Waals surface area contributed by atoms with Crippen LogP contribution in [0.3, 0.4) is 0 Å². The lowest BCUT2D eigenvalue weighted by Crippen LogP contribution is -2.36. The lowest BCUT2D eigenvalue weighted by Gasteiger charge is -2.25. The van der Waals surface area contributed by atoms with Crippen LogP contribution < -0.4 is 5.32 Å². The average Bonchev–Trinajstić information content (AvgIpc) is 2.86. The zero-order valence-corrected chi connectivity index (χ0v) is 18.9. The molecule has 166 valence electrons. The van der Waals surface area contributed by atoms with Crippen molar-refractivity contribution in [1.82, 2.24) is 5.32 Å². The largest absolute Gasteiger partial charge is 0.368 e. The quantitative estimate of drug-likeness (QED) is 0.312. The van der Waals surface area contributed by atoms with Crippen molar-refractivity contribution in [1.29, 1.82) is 0 Å². The molecule has 0 aromatic heterocycles. The minimum absolute atomic E-state index is 0.0782. The number of rotatable bonds is 9. The number of fused-ring (bicyclic) bond motifs is 1. The van der Waals surface area contributed by atoms with Gasteiger partial charge < -0.3 is 10.1 Å². The molecule has 1 amide bonds. The fourth-order valence-electron chi connectivity index (χ4n) is 4.06. The van der Waals surface area contributed by atoms with Crippen molar-refractivity contribution < 1.29 is 9.53 Å². The van der Waals surface area contributed by atoms with Crippen LogP contribution in [-0.4, -0.2) is 12.0 Å². The van der Waals surface area contributed by atoms with Gasteiger partial charge in [-0.25, -0.2) is 0 Å². The molecule has 0 bridgehead atoms. The molecular formula is C30H29NO2. The van der Waals surface area contributed by atoms with E-state index in [0.717, 1.165) is 27.6 Å². The van der Waals surface area contributed by atoms with Crippen LogP contribution >= 0.6 is 0 Å². The molecule has 4 aromatic rings. The monoisotopic (exact) mass is 435 g/mol. The molecule has 1 N–H and O–H groups in total. The van der Waals surface area contributed by atoms with Crippen LogP contribution in [0.1, 0.15) is 28.2 Å². The number of ether oxygens (including phenoxy) is 1. The maximum atomic E-state index is 13.4. The first-order valence-electron chi connectivity index (χ1n) is 11.2. The fraction of sp³-hybridized carbons (Fsp3) is 0.167. The Balaban J connectivity index is 1.56. The number of aryl methyl sites for hydroxylation is 1. The molecule has 0 aliphatic carbocycles. The van der Waals surface area contributed by atoms with Crippen molar-refractivity contribution in [2.45, 2.75) is 32.1 Å². The number of amides is 1. The smallest absolute Gasteiger partial charge is 0.230 e. The van der Waals surface area contributed by atoms with E-state index in [1.807, 2.05) is 79.7 Å². The Morgan fingerprint density at radius 1 is 0.909 bits per heavy atom. The van der Waals surface area contributed by atoms with Crippen molar-refractivity contribution in [3.05, 3.63) is 132 Å². The minimum atomic E-state index is -0.498. The Bertz CT molecular complexity index is 1210. The molecule has 0 radical (unpaired) electrons. The summed E-state index contributed by atoms with van der Waals surface area (Å²) in [5.74, 6) is -0.577. The minimum Gasteiger partial charge on any atom is -0.368 e. The summed E-state index contributed by atoms with van der Waals surface area (Å²) < 4.78 is 6.33. The summed E-state index contributed by atoms with van der Waals surface area (Å²) in [6.07, 6.45) is 1.26. The predicted molar refractivity (Wildman–Crippen MR) is 135 cm³/mol. The molecule has 33 heavy (non-hydrogen) atoms. The summed E-state index contributed by atoms with van der Waals surface area (Å²) in [4.78, 5) is 13.4. The molecule has 3 heteroatoms. The molecular weight excluding hydrogens is 406 g/mol. The third-order valence-electron chi connectivity index (χ3n) is 5.90. The summed E-state index contributed by atoms with van der Waals surface area (Å²) in [5.41, 5.74) is 4.20. The zero-order chi connectivity index (χ0) is 23.0. The molecule has 0 unspecified atom stereocenters. The van der Waals surface area contributed by atoms with E-state index in [2.05, 4.69) is 36.2 Å². The van der Waals surface area contributed by atoms with E-state index in [-0.39, 0.29) is 5.91 Å². The van der Waals surface area contributed by atoms with Gasteiger partial charge in [-0.2, -0.15) is 0 Å². The van der Waals surface area contributed by atoms with Crippen molar-refractivity contribution in [3.8, 4) is 0 Å². The van der Waals surface area contributed by atoms with Crippen LogP contribution in [0.25, 0.3) is 10.8 Å². The standard InChI is InChI=1S/C30H29NO2/c1-3-28(33-21-26-14-9-13-24-12-7-8-15-27(24)26)29(25-18-16-22(2)17-19-25)30(32)31-20-23-10-5-4-6-11-23/h3-19,28-29H,1,20-21H2,2H3,(H,31,32)/t28-,29-/m1/s1. The van der Waals surface area contributed by atoms with Gasteiger partial charge in [-0.15, -0.1) is 6.58 Å². The average molecular weight is 436 g/mol. The summed E-state index contributed by atoms with van der Waals surface area (Å²) in [6.45, 7) is 6.90. The summed E-state index contributed by atoms with van der Waals surface area (Å²) >= 11 is 0. The first-order valence-corrected chi connectivity index (χ1v) is 11.2. The Morgan fingerprint density at radius 2 is 1.61 bits per heavy atom. The highest BCUT2D eigenvalue weighted by Crippen LogP contribution is 2.27. The normalized spacial score (nSPS) is 12.8. The number of benzene rings is 4. The van der Waals surface area contributed by atoms with Gasteiger partial charge in [0.1, 0.15) is 0 Å². The molecule has 0 aliphatic rings. The number of hydrogen-bond donors (Lipinski definition) is 1. The number of nitrogens with one attached hydrogen (secondary N) is 1. The van der Waals surface area contributed by atoms with E-state index in [4.69, 9.17) is 4.74 Å². The molecule has 3 nitrogen and oxygen atoms in total. The number of carbonyl (C=O) groups is 1. The first kappa shape index (κ1) is 22.5. The zero-order valence-electron chi connectivity index (χ0n) is 18.9. The van der Waals surface area contributed by atoms with Gasteiger partial charge in [0.15, 0.2) is 0 Å². The summed E-state index contributed by atoms with van der Waals surface area (Å²) in [5, 5.41) is 5.41. The third kappa shape index (κ3) is 5.57. The fourth-order valence-corrected chi connectivity index (χ4v) is 4.06. The molecule has 0 spiro atoms. The van der Waals surface area contributed by atoms with Gasteiger partial charge in [-0.1, -0.05) is 109 Å². The topological polar surface area (TPSA) is 38.3 Å². The highest BCUT2D eigenvalue weighted by molar-refractivity contribution is 5.86. The lowest BCUT2D eigenvalue weighted by molar-refractivity contribution is -0.125. The molecule has 0 saturated heterocycles. The lowest BCUT2D eigenvalue weighted by atomic mass is 9.91. The van der Waals surface area contributed by atoms with Gasteiger partial charge >= 0.3 is 0 Å². The van der Waals surface area contributed by atoms with E-state index >= 15 is 0 Å². The maximum Gasteiger partial charge on any atom is 0.230 e. The Hall–Kier alpha value is -3.69. The van der Waals surface area contributed by atoms with Gasteiger partial charge in [0, 0.05) is 6.54 Å². The van der Waals surface area contributed by atoms with Crippen LogP contribution in [0.15, 0.2) is 110 Å². The van der Waals surface area contributed by atoms with Crippen LogP contribution in [0.2, 0.25) is 0 Å². The van der Waals surface area contributed by atoms with Gasteiger partial charge in [0.05, 0.1) is 18.6 Å². The van der Waals surface area contributed by atoms with Crippen molar-refractivity contribution in [2.75, 3.05) is 0 Å². The second kappa shape index (κ2) is 10.8. The van der Waals surface area contributed by atoms with E-state index in [9.17, 15) is 4.79 Å². The second-order valence-electron chi connectivity index (χ2n) is 8.24. The summed E-state index contributed by atoms with van der Waals surface area (Å²) in [6, 6.07) is 32.4. The van der Waals surface area contributed by atoms with E-state index in [0.29, 0.717) is 13.2 Å². The van der Waals surface area contributed by atoms with Crippen LogP contribution in [-0.2, 0) is 22.7 Å². The molecule has 0 fully saturated rings. The molecule has 0 saturated carbocycles. The molecule has 0 heterocycles. The van der Waals surface area contributed by atoms with E-state index < -0.39 is 12.0 Å². The molecule has 4 rings (SSSR count). The van der Waals surface area contributed by atoms with Crippen LogP contribution in [0.5, 0.6) is 0 Å². The molecule has 2 atom stereocenters. The Morgan fingerprint density at radius 3 is 2.36 bits per heavy atom. The van der Waals surface area contributed by atoms with E-state index in [1.54, 1.807) is 6.08 Å². The number of hydrogen-bond acceptors (Lipinski definition) is 2. The first-order chi connectivity index (χ1) is 16.2. The van der Waals surface area contributed by atoms with Gasteiger partial charge in [0.2, 0.25) is 5.91 Å².